The van der Waals surface area contributed by atoms with Crippen LogP contribution in [0, 0.1) is 6.92 Å². The molecule has 2 aromatic carbocycles. The third kappa shape index (κ3) is 6.11. The molecule has 0 saturated heterocycles. The molecule has 10 heteroatoms. The molecule has 5 aromatic rings. The summed E-state index contributed by atoms with van der Waals surface area (Å²) in [5.74, 6) is 1.55. The Labute approximate surface area is 237 Å². The monoisotopic (exact) mass is 554 g/mol. The number of hydrogen-bond acceptors (Lipinski definition) is 8. The number of aromatic amines is 1. The molecule has 0 aliphatic carbocycles. The molecule has 3 heterocycles. The summed E-state index contributed by atoms with van der Waals surface area (Å²) in [4.78, 5) is 37.4. The Morgan fingerprint density at radius 1 is 0.927 bits per heavy atom. The van der Waals surface area contributed by atoms with Gasteiger partial charge in [-0.3, -0.25) is 18.9 Å². The Kier molecular flexibility index (Phi) is 7.83. The fraction of sp³-hybridized carbons (Fsp3) is 0.355. The second-order valence-electron chi connectivity index (χ2n) is 11.2. The van der Waals surface area contributed by atoms with Gasteiger partial charge in [-0.05, 0) is 30.0 Å². The molecule has 0 fully saturated rings. The van der Waals surface area contributed by atoms with Gasteiger partial charge in [0.1, 0.15) is 5.82 Å². The van der Waals surface area contributed by atoms with Crippen molar-refractivity contribution in [2.45, 2.75) is 72.3 Å². The summed E-state index contributed by atoms with van der Waals surface area (Å²) in [6, 6.07) is 15.7. The number of nitrogens with zero attached hydrogens (tertiary/aromatic N) is 5. The van der Waals surface area contributed by atoms with Crippen molar-refractivity contribution in [3.8, 4) is 22.5 Å². The van der Waals surface area contributed by atoms with Crippen molar-refractivity contribution in [1.29, 1.82) is 0 Å². The molecule has 0 spiro atoms. The summed E-state index contributed by atoms with van der Waals surface area (Å²) in [7, 11) is 0. The second-order valence-corrected chi connectivity index (χ2v) is 11.2. The van der Waals surface area contributed by atoms with Gasteiger partial charge in [-0.15, -0.1) is 0 Å². The molecule has 1 N–H and O–H groups in total. The Bertz CT molecular complexity index is 1770. The van der Waals surface area contributed by atoms with Crippen molar-refractivity contribution in [2.75, 3.05) is 0 Å². The van der Waals surface area contributed by atoms with Crippen LogP contribution in [-0.4, -0.2) is 29.8 Å². The highest BCUT2D eigenvalue weighted by atomic mass is 16.5. The highest BCUT2D eigenvalue weighted by molar-refractivity contribution is 5.80. The van der Waals surface area contributed by atoms with Gasteiger partial charge in [0.05, 0.1) is 6.54 Å². The molecule has 0 unspecified atom stereocenters. The van der Waals surface area contributed by atoms with Crippen LogP contribution in [0.15, 0.2) is 67.2 Å². The number of hydrogen-bond donors (Lipinski definition) is 1. The number of unbranched alkanes of at least 4 members (excludes halogenated alkanes) is 1. The zero-order valence-corrected chi connectivity index (χ0v) is 24.0. The molecule has 0 bridgehead atoms. The maximum Gasteiger partial charge on any atom is 0.439 e. The standard InChI is InChI=1S/C31H34N6O4/c1-6-7-12-26-32-19(2)24(17-25-33-29(40-35-25)31(3,4)5)28(38)37(26)18-20-13-15-21(16-14-20)22-10-8-9-11-23(22)27-34-30(39)41-36-27/h8-11,13-16H,6-7,12,17-18H2,1-5H3,(H,34,36,39). The highest BCUT2D eigenvalue weighted by Gasteiger charge is 2.23. The maximum atomic E-state index is 13.9. The Hall–Kier alpha value is -4.60. The van der Waals surface area contributed by atoms with Crippen LogP contribution < -0.4 is 11.3 Å². The lowest BCUT2D eigenvalue weighted by Gasteiger charge is -2.16. The minimum absolute atomic E-state index is 0.0879. The van der Waals surface area contributed by atoms with Gasteiger partial charge in [0, 0.05) is 35.1 Å². The summed E-state index contributed by atoms with van der Waals surface area (Å²) in [5, 5.41) is 7.97. The smallest absolute Gasteiger partial charge is 0.339 e. The van der Waals surface area contributed by atoms with Gasteiger partial charge >= 0.3 is 5.76 Å². The molecule has 5 rings (SSSR count). The van der Waals surface area contributed by atoms with E-state index in [9.17, 15) is 9.59 Å². The summed E-state index contributed by atoms with van der Waals surface area (Å²) in [5.41, 5.74) is 4.47. The fourth-order valence-corrected chi connectivity index (χ4v) is 4.70. The number of H-pyrrole nitrogens is 1. The minimum Gasteiger partial charge on any atom is -0.339 e. The summed E-state index contributed by atoms with van der Waals surface area (Å²) < 4.78 is 11.9. The zero-order chi connectivity index (χ0) is 29.1. The van der Waals surface area contributed by atoms with Gasteiger partial charge < -0.3 is 4.52 Å². The predicted molar refractivity (Wildman–Crippen MR) is 155 cm³/mol. The molecular formula is C31H34N6O4. The van der Waals surface area contributed by atoms with E-state index in [1.54, 1.807) is 4.57 Å². The molecule has 0 atom stereocenters. The first-order valence-corrected chi connectivity index (χ1v) is 13.8. The van der Waals surface area contributed by atoms with Gasteiger partial charge in [0.2, 0.25) is 5.89 Å². The molecule has 0 saturated carbocycles. The van der Waals surface area contributed by atoms with E-state index in [1.807, 2.05) is 76.2 Å². The van der Waals surface area contributed by atoms with Crippen LogP contribution in [0.2, 0.25) is 0 Å². The first-order chi connectivity index (χ1) is 19.6. The average molecular weight is 555 g/mol. The van der Waals surface area contributed by atoms with E-state index >= 15 is 0 Å². The van der Waals surface area contributed by atoms with Crippen molar-refractivity contribution in [1.82, 2.24) is 29.8 Å². The first kappa shape index (κ1) is 27.9. The summed E-state index contributed by atoms with van der Waals surface area (Å²) in [6.45, 7) is 10.4. The average Bonchev–Trinajstić information content (AvgIpc) is 3.61. The van der Waals surface area contributed by atoms with Crippen LogP contribution >= 0.6 is 0 Å². The normalized spacial score (nSPS) is 11.7. The number of aryl methyl sites for hydroxylation is 2. The lowest BCUT2D eigenvalue weighted by Crippen LogP contribution is -2.30. The van der Waals surface area contributed by atoms with E-state index in [-0.39, 0.29) is 17.4 Å². The van der Waals surface area contributed by atoms with Crippen molar-refractivity contribution >= 4 is 0 Å². The minimum atomic E-state index is -0.602. The van der Waals surface area contributed by atoms with Gasteiger partial charge in [-0.25, -0.2) is 9.78 Å². The summed E-state index contributed by atoms with van der Waals surface area (Å²) in [6.07, 6.45) is 2.90. The van der Waals surface area contributed by atoms with Crippen molar-refractivity contribution in [3.63, 3.8) is 0 Å². The van der Waals surface area contributed by atoms with Crippen molar-refractivity contribution in [3.05, 3.63) is 104 Å². The topological polar surface area (TPSA) is 133 Å². The van der Waals surface area contributed by atoms with E-state index in [2.05, 4.69) is 27.2 Å². The quantitative estimate of drug-likeness (QED) is 0.262. The van der Waals surface area contributed by atoms with Gasteiger partial charge in [-0.1, -0.05) is 93.0 Å². The molecule has 0 radical (unpaired) electrons. The SMILES string of the molecule is CCCCc1nc(C)c(Cc2noc(C(C)(C)C)n2)c(=O)n1Cc1ccc(-c2ccccc2-c2noc(=O)[nH]2)cc1. The Morgan fingerprint density at radius 3 is 2.29 bits per heavy atom. The van der Waals surface area contributed by atoms with Crippen molar-refractivity contribution in [2.24, 2.45) is 0 Å². The van der Waals surface area contributed by atoms with Crippen LogP contribution in [0.3, 0.4) is 0 Å². The van der Waals surface area contributed by atoms with Crippen molar-refractivity contribution < 1.29 is 9.05 Å². The third-order valence-corrected chi connectivity index (χ3v) is 6.98. The van der Waals surface area contributed by atoms with E-state index < -0.39 is 5.76 Å². The second kappa shape index (κ2) is 11.5. The predicted octanol–water partition coefficient (Wildman–Crippen LogP) is 5.22. The van der Waals surface area contributed by atoms with Crippen LogP contribution in [0.4, 0.5) is 0 Å². The maximum absolute atomic E-state index is 13.9. The molecule has 212 valence electrons. The molecule has 41 heavy (non-hydrogen) atoms. The Balaban J connectivity index is 1.47. The van der Waals surface area contributed by atoms with Gasteiger partial charge in [0.15, 0.2) is 11.6 Å². The molecule has 10 nitrogen and oxygen atoms in total. The van der Waals surface area contributed by atoms with E-state index in [0.717, 1.165) is 40.9 Å². The highest BCUT2D eigenvalue weighted by Crippen LogP contribution is 2.30. The summed E-state index contributed by atoms with van der Waals surface area (Å²) >= 11 is 0. The van der Waals surface area contributed by atoms with Gasteiger partial charge in [0.25, 0.3) is 5.56 Å². The Morgan fingerprint density at radius 2 is 1.66 bits per heavy atom. The molecule has 0 amide bonds. The van der Waals surface area contributed by atoms with Gasteiger partial charge in [-0.2, -0.15) is 4.98 Å². The molecule has 0 aliphatic heterocycles. The van der Waals surface area contributed by atoms with Crippen LogP contribution in [0.25, 0.3) is 22.5 Å². The molecule has 3 aromatic heterocycles. The van der Waals surface area contributed by atoms with Crippen LogP contribution in [0.1, 0.15) is 74.9 Å². The lowest BCUT2D eigenvalue weighted by atomic mass is 9.97. The lowest BCUT2D eigenvalue weighted by molar-refractivity contribution is 0.318. The number of benzene rings is 2. The zero-order valence-electron chi connectivity index (χ0n) is 24.0. The van der Waals surface area contributed by atoms with E-state index in [4.69, 9.17) is 14.0 Å². The number of nitrogens with one attached hydrogen (secondary N) is 1. The largest absolute Gasteiger partial charge is 0.439 e. The fourth-order valence-electron chi connectivity index (χ4n) is 4.70. The van der Waals surface area contributed by atoms with E-state index in [1.165, 1.54) is 0 Å². The van der Waals surface area contributed by atoms with Crippen LogP contribution in [-0.2, 0) is 24.8 Å². The third-order valence-electron chi connectivity index (χ3n) is 6.98. The number of rotatable bonds is 9. The molecular weight excluding hydrogens is 520 g/mol. The molecule has 0 aliphatic rings. The number of aromatic nitrogens is 6. The van der Waals surface area contributed by atoms with E-state index in [0.29, 0.717) is 41.8 Å². The van der Waals surface area contributed by atoms with Crippen LogP contribution in [0.5, 0.6) is 0 Å². The first-order valence-electron chi connectivity index (χ1n) is 13.8.